The first-order chi connectivity index (χ1) is 7.09. The lowest BCUT2D eigenvalue weighted by molar-refractivity contribution is 0.0689. The molecule has 0 radical (unpaired) electrons. The lowest BCUT2D eigenvalue weighted by atomic mass is 10.4. The fourth-order valence-electron chi connectivity index (χ4n) is 1.02. The molecule has 2 aromatic rings. The minimum atomic E-state index is -1.39. The quantitative estimate of drug-likeness (QED) is 0.716. The fraction of sp³-hybridized carbons (Fsp3) is 0. The zero-order chi connectivity index (χ0) is 11.0. The average Bonchev–Trinajstić information content (AvgIpc) is 2.16. The van der Waals surface area contributed by atoms with Crippen molar-refractivity contribution in [2.24, 2.45) is 0 Å². The molecule has 0 spiro atoms. The van der Waals surface area contributed by atoms with Crippen molar-refractivity contribution in [3.05, 3.63) is 27.0 Å². The van der Waals surface area contributed by atoms with E-state index in [2.05, 4.69) is 35.9 Å². The fourth-order valence-corrected chi connectivity index (χ4v) is 1.39. The zero-order valence-electron chi connectivity index (χ0n) is 7.06. The zero-order valence-corrected chi connectivity index (χ0v) is 8.65. The number of carboxylic acids is 1. The standard InChI is InChI=1S/C7H3BrN4O3/c8-4-2-5(10-1-9-4)12-6(13)3(11-2)7(14)15/h1H,(H,14,15)(H,9,10,12,13). The third-order valence-corrected chi connectivity index (χ3v) is 2.23. The third kappa shape index (κ3) is 1.59. The van der Waals surface area contributed by atoms with Crippen molar-refractivity contribution in [2.75, 3.05) is 0 Å². The number of nitrogens with zero attached hydrogens (tertiary/aromatic N) is 3. The van der Waals surface area contributed by atoms with Crippen LogP contribution in [0.5, 0.6) is 0 Å². The summed E-state index contributed by atoms with van der Waals surface area (Å²) in [4.78, 5) is 35.3. The number of rotatable bonds is 1. The van der Waals surface area contributed by atoms with Crippen LogP contribution < -0.4 is 5.56 Å². The number of hydrogen-bond acceptors (Lipinski definition) is 5. The molecular weight excluding hydrogens is 268 g/mol. The largest absolute Gasteiger partial charge is 0.476 e. The number of aromatic carboxylic acids is 1. The number of halogens is 1. The van der Waals surface area contributed by atoms with E-state index in [1.54, 1.807) is 0 Å². The van der Waals surface area contributed by atoms with Crippen molar-refractivity contribution in [1.82, 2.24) is 19.9 Å². The Hall–Kier alpha value is -1.83. The minimum Gasteiger partial charge on any atom is -0.476 e. The summed E-state index contributed by atoms with van der Waals surface area (Å²) >= 11 is 3.08. The Bertz CT molecular complexity index is 609. The molecule has 0 atom stereocenters. The molecule has 0 aliphatic heterocycles. The van der Waals surface area contributed by atoms with Gasteiger partial charge in [-0.25, -0.2) is 19.7 Å². The van der Waals surface area contributed by atoms with E-state index in [4.69, 9.17) is 5.11 Å². The molecule has 0 aliphatic rings. The highest BCUT2D eigenvalue weighted by atomic mass is 79.9. The van der Waals surface area contributed by atoms with Crippen molar-refractivity contribution in [1.29, 1.82) is 0 Å². The van der Waals surface area contributed by atoms with Gasteiger partial charge in [0, 0.05) is 0 Å². The van der Waals surface area contributed by atoms with Gasteiger partial charge in [-0.1, -0.05) is 0 Å². The first kappa shape index (κ1) is 9.71. The van der Waals surface area contributed by atoms with Crippen molar-refractivity contribution in [3.63, 3.8) is 0 Å². The van der Waals surface area contributed by atoms with E-state index in [1.165, 1.54) is 6.33 Å². The topological polar surface area (TPSA) is 109 Å². The van der Waals surface area contributed by atoms with E-state index in [0.29, 0.717) is 4.60 Å². The molecule has 0 bridgehead atoms. The van der Waals surface area contributed by atoms with Crippen LogP contribution in [0.25, 0.3) is 11.2 Å². The molecule has 7 nitrogen and oxygen atoms in total. The van der Waals surface area contributed by atoms with Gasteiger partial charge in [-0.15, -0.1) is 0 Å². The molecule has 0 fully saturated rings. The monoisotopic (exact) mass is 270 g/mol. The van der Waals surface area contributed by atoms with Crippen molar-refractivity contribution in [2.45, 2.75) is 0 Å². The first-order valence-corrected chi connectivity index (χ1v) is 4.52. The molecule has 76 valence electrons. The Balaban J connectivity index is 2.90. The van der Waals surface area contributed by atoms with Crippen molar-refractivity contribution in [3.8, 4) is 0 Å². The van der Waals surface area contributed by atoms with Crippen LogP contribution in [-0.4, -0.2) is 31.0 Å². The molecule has 2 N–H and O–H groups in total. The number of hydrogen-bond donors (Lipinski definition) is 2. The Morgan fingerprint density at radius 3 is 2.87 bits per heavy atom. The maximum Gasteiger partial charge on any atom is 0.360 e. The predicted octanol–water partition coefficient (Wildman–Crippen LogP) is 0.174. The normalized spacial score (nSPS) is 10.5. The summed E-state index contributed by atoms with van der Waals surface area (Å²) in [7, 11) is 0. The van der Waals surface area contributed by atoms with Gasteiger partial charge in [0.15, 0.2) is 5.65 Å². The van der Waals surface area contributed by atoms with Crippen LogP contribution >= 0.6 is 15.9 Å². The van der Waals surface area contributed by atoms with Crippen molar-refractivity contribution < 1.29 is 9.90 Å². The summed E-state index contributed by atoms with van der Waals surface area (Å²) in [6.45, 7) is 0. The molecule has 0 unspecified atom stereocenters. The summed E-state index contributed by atoms with van der Waals surface area (Å²) in [6, 6.07) is 0. The second-order valence-corrected chi connectivity index (χ2v) is 3.33. The summed E-state index contributed by atoms with van der Waals surface area (Å²) in [6.07, 6.45) is 1.23. The average molecular weight is 271 g/mol. The Morgan fingerprint density at radius 1 is 1.47 bits per heavy atom. The molecule has 2 rings (SSSR count). The second kappa shape index (κ2) is 3.39. The SMILES string of the molecule is O=C(O)c1nc2c(Br)ncnc2[nH]c1=O. The van der Waals surface area contributed by atoms with Crippen LogP contribution in [-0.2, 0) is 0 Å². The van der Waals surface area contributed by atoms with E-state index in [0.717, 1.165) is 0 Å². The van der Waals surface area contributed by atoms with Crippen LogP contribution in [0.1, 0.15) is 10.5 Å². The Morgan fingerprint density at radius 2 is 2.20 bits per heavy atom. The number of H-pyrrole nitrogens is 1. The summed E-state index contributed by atoms with van der Waals surface area (Å²) in [5.74, 6) is -1.39. The number of carboxylic acid groups (broad SMARTS) is 1. The maximum absolute atomic E-state index is 11.2. The summed E-state index contributed by atoms with van der Waals surface area (Å²) in [5, 5.41) is 8.68. The molecule has 15 heavy (non-hydrogen) atoms. The van der Waals surface area contributed by atoms with Crippen molar-refractivity contribution >= 4 is 33.1 Å². The third-order valence-electron chi connectivity index (χ3n) is 1.65. The number of fused-ring (bicyclic) bond motifs is 1. The van der Waals surface area contributed by atoms with Crippen LogP contribution in [0.15, 0.2) is 15.7 Å². The Labute approximate surface area is 90.3 Å². The van der Waals surface area contributed by atoms with E-state index in [1.807, 2.05) is 0 Å². The van der Waals surface area contributed by atoms with E-state index < -0.39 is 17.2 Å². The minimum absolute atomic E-state index is 0.187. The van der Waals surface area contributed by atoms with Crippen LogP contribution in [0, 0.1) is 0 Å². The van der Waals surface area contributed by atoms with Gasteiger partial charge in [0.25, 0.3) is 5.56 Å². The Kier molecular flexibility index (Phi) is 2.19. The highest BCUT2D eigenvalue weighted by Gasteiger charge is 2.14. The summed E-state index contributed by atoms with van der Waals surface area (Å²) < 4.78 is 0.325. The molecular formula is C7H3BrN4O3. The van der Waals surface area contributed by atoms with Crippen LogP contribution in [0.4, 0.5) is 0 Å². The lowest BCUT2D eigenvalue weighted by Crippen LogP contribution is -2.20. The van der Waals surface area contributed by atoms with Crippen LogP contribution in [0.3, 0.4) is 0 Å². The van der Waals surface area contributed by atoms with Gasteiger partial charge in [-0.3, -0.25) is 4.79 Å². The maximum atomic E-state index is 11.2. The molecule has 0 saturated carbocycles. The molecule has 8 heteroatoms. The van der Waals surface area contributed by atoms with Gasteiger partial charge < -0.3 is 10.1 Å². The van der Waals surface area contributed by atoms with Gasteiger partial charge in [-0.2, -0.15) is 0 Å². The first-order valence-electron chi connectivity index (χ1n) is 3.73. The molecule has 0 amide bonds. The molecule has 2 aromatic heterocycles. The van der Waals surface area contributed by atoms with E-state index in [9.17, 15) is 9.59 Å². The van der Waals surface area contributed by atoms with Crippen LogP contribution in [0.2, 0.25) is 0 Å². The highest BCUT2D eigenvalue weighted by molar-refractivity contribution is 9.10. The number of nitrogens with one attached hydrogen (secondary N) is 1. The van der Waals surface area contributed by atoms with Gasteiger partial charge in [-0.05, 0) is 15.9 Å². The van der Waals surface area contributed by atoms with Gasteiger partial charge in [0.1, 0.15) is 16.4 Å². The second-order valence-electron chi connectivity index (χ2n) is 2.58. The van der Waals surface area contributed by atoms with Gasteiger partial charge in [0.2, 0.25) is 5.69 Å². The molecule has 2 heterocycles. The van der Waals surface area contributed by atoms with E-state index in [-0.39, 0.29) is 11.2 Å². The van der Waals surface area contributed by atoms with Gasteiger partial charge >= 0.3 is 5.97 Å². The lowest BCUT2D eigenvalue weighted by Gasteiger charge is -1.98. The predicted molar refractivity (Wildman–Crippen MR) is 52.6 cm³/mol. The number of carbonyl (C=O) groups is 1. The summed E-state index contributed by atoms with van der Waals surface area (Å²) in [5.41, 5.74) is -0.986. The number of aromatic nitrogens is 4. The number of aromatic amines is 1. The highest BCUT2D eigenvalue weighted by Crippen LogP contribution is 2.14. The molecule has 0 aliphatic carbocycles. The van der Waals surface area contributed by atoms with Gasteiger partial charge in [0.05, 0.1) is 0 Å². The molecule has 0 aromatic carbocycles. The van der Waals surface area contributed by atoms with E-state index >= 15 is 0 Å². The molecule has 0 saturated heterocycles. The smallest absolute Gasteiger partial charge is 0.360 e.